The second-order valence-corrected chi connectivity index (χ2v) is 5.51. The molecule has 1 amide bonds. The van der Waals surface area contributed by atoms with Crippen LogP contribution >= 0.6 is 0 Å². The molecule has 5 heteroatoms. The number of nitrogens with one attached hydrogen (secondary N) is 1. The Hall–Kier alpha value is -1.91. The largest absolute Gasteiger partial charge is 0.481 e. The molecule has 0 saturated carbocycles. The zero-order valence-corrected chi connectivity index (χ0v) is 12.2. The molecular formula is C15H20FNO3. The summed E-state index contributed by atoms with van der Waals surface area (Å²) >= 11 is 0. The monoisotopic (exact) mass is 281 g/mol. The summed E-state index contributed by atoms with van der Waals surface area (Å²) in [6.45, 7) is 6.62. The predicted molar refractivity (Wildman–Crippen MR) is 75.0 cm³/mol. The van der Waals surface area contributed by atoms with Crippen molar-refractivity contribution >= 4 is 17.6 Å². The van der Waals surface area contributed by atoms with E-state index in [9.17, 15) is 19.1 Å². The molecule has 0 saturated heterocycles. The molecule has 0 radical (unpaired) electrons. The van der Waals surface area contributed by atoms with E-state index in [1.54, 1.807) is 26.8 Å². The number of carbonyl (C=O) groups excluding carboxylic acids is 1. The molecule has 20 heavy (non-hydrogen) atoms. The predicted octanol–water partition coefficient (Wildman–Crippen LogP) is 3.21. The molecule has 110 valence electrons. The Bertz CT molecular complexity index is 528. The minimum atomic E-state index is -1.15. The fraction of sp³-hybridized carbons (Fsp3) is 0.467. The van der Waals surface area contributed by atoms with Crippen LogP contribution < -0.4 is 5.32 Å². The molecule has 2 N–H and O–H groups in total. The Morgan fingerprint density at radius 3 is 2.50 bits per heavy atom. The number of amides is 1. The zero-order chi connectivity index (χ0) is 15.5. The summed E-state index contributed by atoms with van der Waals surface area (Å²) in [6, 6.07) is 4.39. The molecule has 0 spiro atoms. The lowest BCUT2D eigenvalue weighted by Gasteiger charge is -2.28. The molecule has 1 aromatic carbocycles. The summed E-state index contributed by atoms with van der Waals surface area (Å²) in [4.78, 5) is 23.3. The van der Waals surface area contributed by atoms with Crippen molar-refractivity contribution in [2.24, 2.45) is 11.3 Å². The fourth-order valence-electron chi connectivity index (χ4n) is 1.80. The quantitative estimate of drug-likeness (QED) is 0.871. The number of carbonyl (C=O) groups is 2. The van der Waals surface area contributed by atoms with Gasteiger partial charge >= 0.3 is 5.97 Å². The van der Waals surface area contributed by atoms with Crippen molar-refractivity contribution in [2.75, 3.05) is 5.32 Å². The van der Waals surface area contributed by atoms with Crippen LogP contribution in [0.5, 0.6) is 0 Å². The molecule has 0 aromatic heterocycles. The topological polar surface area (TPSA) is 66.4 Å². The van der Waals surface area contributed by atoms with Crippen molar-refractivity contribution in [2.45, 2.75) is 34.1 Å². The lowest BCUT2D eigenvalue weighted by molar-refractivity contribution is -0.153. The van der Waals surface area contributed by atoms with Gasteiger partial charge in [-0.1, -0.05) is 19.9 Å². The van der Waals surface area contributed by atoms with E-state index in [1.807, 2.05) is 0 Å². The molecule has 0 fully saturated rings. The van der Waals surface area contributed by atoms with Gasteiger partial charge in [0.1, 0.15) is 5.82 Å². The molecule has 4 nitrogen and oxygen atoms in total. The Morgan fingerprint density at radius 2 is 2.00 bits per heavy atom. The van der Waals surface area contributed by atoms with Crippen LogP contribution in [0.15, 0.2) is 18.2 Å². The molecule has 0 aliphatic rings. The number of carboxylic acid groups (broad SMARTS) is 1. The third-order valence-corrected chi connectivity index (χ3v) is 3.83. The van der Waals surface area contributed by atoms with Gasteiger partial charge in [0, 0.05) is 17.7 Å². The Kier molecular flexibility index (Phi) is 4.87. The molecule has 0 heterocycles. The van der Waals surface area contributed by atoms with E-state index in [-0.39, 0.29) is 12.3 Å². The summed E-state index contributed by atoms with van der Waals surface area (Å²) in [5, 5.41) is 11.9. The van der Waals surface area contributed by atoms with Crippen LogP contribution in [0.1, 0.15) is 32.8 Å². The maximum atomic E-state index is 13.4. The van der Waals surface area contributed by atoms with Crippen LogP contribution in [0.25, 0.3) is 0 Å². The van der Waals surface area contributed by atoms with Crippen LogP contribution in [0, 0.1) is 24.1 Å². The molecule has 0 bridgehead atoms. The average Bonchev–Trinajstić information content (AvgIpc) is 2.34. The maximum Gasteiger partial charge on any atom is 0.310 e. The van der Waals surface area contributed by atoms with E-state index >= 15 is 0 Å². The summed E-state index contributed by atoms with van der Waals surface area (Å²) < 4.78 is 13.4. The van der Waals surface area contributed by atoms with Gasteiger partial charge in [0.2, 0.25) is 5.91 Å². The standard InChI is InChI=1S/C15H20FNO3/c1-9(2)15(4,14(19)20)8-13(18)17-12-7-5-6-11(16)10(12)3/h5-7,9H,8H2,1-4H3,(H,17,18)(H,19,20). The van der Waals surface area contributed by atoms with Gasteiger partial charge < -0.3 is 10.4 Å². The van der Waals surface area contributed by atoms with Crippen LogP contribution in [-0.4, -0.2) is 17.0 Å². The van der Waals surface area contributed by atoms with E-state index in [2.05, 4.69) is 5.32 Å². The number of hydrogen-bond acceptors (Lipinski definition) is 2. The first-order chi connectivity index (χ1) is 9.18. The Labute approximate surface area is 118 Å². The second-order valence-electron chi connectivity index (χ2n) is 5.51. The normalized spacial score (nSPS) is 13.9. The first kappa shape index (κ1) is 16.1. The molecule has 0 aliphatic carbocycles. The highest BCUT2D eigenvalue weighted by Crippen LogP contribution is 2.32. The highest BCUT2D eigenvalue weighted by molar-refractivity contribution is 5.94. The lowest BCUT2D eigenvalue weighted by atomic mass is 9.76. The molecule has 1 atom stereocenters. The highest BCUT2D eigenvalue weighted by atomic mass is 19.1. The first-order valence-corrected chi connectivity index (χ1v) is 6.47. The van der Waals surface area contributed by atoms with Crippen molar-refractivity contribution in [3.63, 3.8) is 0 Å². The molecular weight excluding hydrogens is 261 g/mol. The zero-order valence-electron chi connectivity index (χ0n) is 12.2. The van der Waals surface area contributed by atoms with Crippen LogP contribution in [0.2, 0.25) is 0 Å². The number of benzene rings is 1. The van der Waals surface area contributed by atoms with Crippen molar-refractivity contribution < 1.29 is 19.1 Å². The molecule has 1 rings (SSSR count). The Morgan fingerprint density at radius 1 is 1.40 bits per heavy atom. The highest BCUT2D eigenvalue weighted by Gasteiger charge is 2.38. The van der Waals surface area contributed by atoms with Gasteiger partial charge in [-0.05, 0) is 31.9 Å². The van der Waals surface area contributed by atoms with Gasteiger partial charge in [-0.15, -0.1) is 0 Å². The van der Waals surface area contributed by atoms with E-state index in [1.165, 1.54) is 19.1 Å². The summed E-state index contributed by atoms with van der Waals surface area (Å²) in [5.41, 5.74) is -0.445. The van der Waals surface area contributed by atoms with Crippen molar-refractivity contribution in [3.8, 4) is 0 Å². The second kappa shape index (κ2) is 6.03. The van der Waals surface area contributed by atoms with Gasteiger partial charge in [-0.3, -0.25) is 9.59 Å². The lowest BCUT2D eigenvalue weighted by Crippen LogP contribution is -2.37. The summed E-state index contributed by atoms with van der Waals surface area (Å²) in [6.07, 6.45) is -0.157. The van der Waals surface area contributed by atoms with Gasteiger partial charge in [0.05, 0.1) is 5.41 Å². The van der Waals surface area contributed by atoms with Crippen LogP contribution in [-0.2, 0) is 9.59 Å². The minimum Gasteiger partial charge on any atom is -0.481 e. The average molecular weight is 281 g/mol. The third-order valence-electron chi connectivity index (χ3n) is 3.83. The SMILES string of the molecule is Cc1c(F)cccc1NC(=O)CC(C)(C(=O)O)C(C)C. The maximum absolute atomic E-state index is 13.4. The van der Waals surface area contributed by atoms with E-state index in [0.29, 0.717) is 11.3 Å². The van der Waals surface area contributed by atoms with Crippen molar-refractivity contribution in [1.82, 2.24) is 0 Å². The van der Waals surface area contributed by atoms with Gasteiger partial charge in [0.15, 0.2) is 0 Å². The molecule has 1 aromatic rings. The van der Waals surface area contributed by atoms with Crippen LogP contribution in [0.4, 0.5) is 10.1 Å². The van der Waals surface area contributed by atoms with Gasteiger partial charge in [-0.2, -0.15) is 0 Å². The number of rotatable bonds is 5. The third kappa shape index (κ3) is 3.35. The summed E-state index contributed by atoms with van der Waals surface area (Å²) in [7, 11) is 0. The smallest absolute Gasteiger partial charge is 0.310 e. The van der Waals surface area contributed by atoms with E-state index in [0.717, 1.165) is 0 Å². The minimum absolute atomic E-state index is 0.157. The first-order valence-electron chi connectivity index (χ1n) is 6.47. The number of carboxylic acids is 1. The van der Waals surface area contributed by atoms with Crippen molar-refractivity contribution in [1.29, 1.82) is 0 Å². The molecule has 0 aliphatic heterocycles. The Balaban J connectivity index is 2.87. The van der Waals surface area contributed by atoms with Crippen molar-refractivity contribution in [3.05, 3.63) is 29.6 Å². The number of anilines is 1. The van der Waals surface area contributed by atoms with E-state index in [4.69, 9.17) is 0 Å². The summed E-state index contributed by atoms with van der Waals surface area (Å²) in [5.74, 6) is -2.05. The van der Waals surface area contributed by atoms with Gasteiger partial charge in [0.25, 0.3) is 0 Å². The number of aliphatic carboxylic acids is 1. The van der Waals surface area contributed by atoms with E-state index < -0.39 is 23.1 Å². The number of halogens is 1. The number of hydrogen-bond donors (Lipinski definition) is 2. The fourth-order valence-corrected chi connectivity index (χ4v) is 1.80. The molecule has 1 unspecified atom stereocenters. The van der Waals surface area contributed by atoms with Crippen LogP contribution in [0.3, 0.4) is 0 Å². The van der Waals surface area contributed by atoms with Gasteiger partial charge in [-0.25, -0.2) is 4.39 Å².